The van der Waals surface area contributed by atoms with Crippen molar-refractivity contribution in [3.05, 3.63) is 36.7 Å². The minimum absolute atomic E-state index is 0.386. The van der Waals surface area contributed by atoms with Crippen molar-refractivity contribution in [2.45, 2.75) is 38.0 Å². The van der Waals surface area contributed by atoms with Crippen molar-refractivity contribution >= 4 is 23.8 Å². The van der Waals surface area contributed by atoms with E-state index in [1.165, 1.54) is 25.2 Å². The smallest absolute Gasteiger partial charge is 0.475 e. The average Bonchev–Trinajstić information content (AvgIpc) is 2.86. The number of carbonyl (C=O) groups is 2. The highest BCUT2D eigenvalue weighted by Crippen LogP contribution is 2.42. The van der Waals surface area contributed by atoms with E-state index < -0.39 is 24.3 Å². The number of halogens is 7. The second-order valence-corrected chi connectivity index (χ2v) is 8.33. The minimum atomic E-state index is -5.08. The van der Waals surface area contributed by atoms with Gasteiger partial charge in [0.2, 0.25) is 11.9 Å². The third-order valence-corrected chi connectivity index (χ3v) is 5.86. The molecule has 38 heavy (non-hydrogen) atoms. The second kappa shape index (κ2) is 12.6. The van der Waals surface area contributed by atoms with Crippen LogP contribution in [0.5, 0.6) is 0 Å². The number of aliphatic carboxylic acids is 2. The van der Waals surface area contributed by atoms with Gasteiger partial charge in [-0.2, -0.15) is 26.3 Å². The van der Waals surface area contributed by atoms with Gasteiger partial charge in [-0.3, -0.25) is 0 Å². The van der Waals surface area contributed by atoms with Gasteiger partial charge >= 0.3 is 24.3 Å². The third-order valence-electron chi connectivity index (χ3n) is 5.86. The van der Waals surface area contributed by atoms with Crippen molar-refractivity contribution in [2.24, 2.45) is 5.41 Å². The van der Waals surface area contributed by atoms with Gasteiger partial charge in [-0.15, -0.1) is 0 Å². The van der Waals surface area contributed by atoms with Crippen LogP contribution in [-0.4, -0.2) is 80.6 Å². The van der Waals surface area contributed by atoms with Crippen LogP contribution in [0.3, 0.4) is 0 Å². The van der Waals surface area contributed by atoms with E-state index in [1.807, 2.05) is 6.07 Å². The molecule has 2 saturated heterocycles. The van der Waals surface area contributed by atoms with Crippen LogP contribution in [0, 0.1) is 11.2 Å². The normalized spacial score (nSPS) is 17.0. The summed E-state index contributed by atoms with van der Waals surface area (Å²) in [7, 11) is 0. The van der Waals surface area contributed by atoms with E-state index in [2.05, 4.69) is 29.7 Å². The van der Waals surface area contributed by atoms with Crippen LogP contribution in [0.1, 0.15) is 25.7 Å². The van der Waals surface area contributed by atoms with Gasteiger partial charge in [-0.05, 0) is 37.2 Å². The summed E-state index contributed by atoms with van der Waals surface area (Å²) >= 11 is 0. The monoisotopic (exact) mass is 556 g/mol. The van der Waals surface area contributed by atoms with E-state index in [-0.39, 0.29) is 5.82 Å². The number of hydrogen-bond acceptors (Lipinski definition) is 8. The minimum Gasteiger partial charge on any atom is -0.475 e. The Labute approximate surface area is 211 Å². The summed E-state index contributed by atoms with van der Waals surface area (Å²) < 4.78 is 76.4. The molecule has 1 spiro atoms. The summed E-state index contributed by atoms with van der Waals surface area (Å²) in [5.41, 5.74) is 0.405. The van der Waals surface area contributed by atoms with Crippen LogP contribution in [0.4, 0.5) is 42.6 Å². The van der Waals surface area contributed by atoms with Gasteiger partial charge in [0.05, 0.1) is 12.4 Å². The van der Waals surface area contributed by atoms with Crippen LogP contribution < -0.4 is 9.80 Å². The molecule has 2 aliphatic rings. The Balaban J connectivity index is 0.000000301. The molecule has 0 radical (unpaired) electrons. The predicted octanol–water partition coefficient (Wildman–Crippen LogP) is 3.56. The molecule has 4 heterocycles. The first-order valence-electron chi connectivity index (χ1n) is 11.0. The Bertz CT molecular complexity index is 1010. The quantitative estimate of drug-likeness (QED) is 0.529. The molecule has 0 unspecified atom stereocenters. The van der Waals surface area contributed by atoms with Gasteiger partial charge in [0.15, 0.2) is 5.82 Å². The van der Waals surface area contributed by atoms with Crippen molar-refractivity contribution in [1.82, 2.24) is 19.9 Å². The molecular formula is C21H23F7N6O4. The SMILES string of the molecule is Fc1cnc(N2CCC3(CCN(c4ncccn4)CC3)CC2)nc1.O=C(O)C(F)(F)F.O=C(O)C(F)(F)F. The fourth-order valence-corrected chi connectivity index (χ4v) is 3.79. The molecule has 4 rings (SSSR count). The van der Waals surface area contributed by atoms with Gasteiger partial charge < -0.3 is 20.0 Å². The van der Waals surface area contributed by atoms with Crippen molar-refractivity contribution < 1.29 is 50.5 Å². The van der Waals surface area contributed by atoms with Crippen LogP contribution in [0.2, 0.25) is 0 Å². The lowest BCUT2D eigenvalue weighted by molar-refractivity contribution is -0.193. The van der Waals surface area contributed by atoms with Crippen molar-refractivity contribution in [1.29, 1.82) is 0 Å². The number of anilines is 2. The molecule has 0 bridgehead atoms. The highest BCUT2D eigenvalue weighted by molar-refractivity contribution is 5.73. The maximum atomic E-state index is 13.0. The zero-order valence-electron chi connectivity index (χ0n) is 19.6. The number of alkyl halides is 6. The lowest BCUT2D eigenvalue weighted by atomic mass is 9.71. The Morgan fingerprint density at radius 3 is 1.34 bits per heavy atom. The molecule has 0 amide bonds. The molecule has 17 heteroatoms. The Hall–Kier alpha value is -3.79. The summed E-state index contributed by atoms with van der Waals surface area (Å²) in [6.07, 6.45) is 0.527. The Kier molecular flexibility index (Phi) is 10.1. The van der Waals surface area contributed by atoms with Crippen LogP contribution in [-0.2, 0) is 9.59 Å². The van der Waals surface area contributed by atoms with E-state index in [0.717, 1.165) is 45.0 Å². The first-order chi connectivity index (χ1) is 17.6. The molecular weight excluding hydrogens is 533 g/mol. The lowest BCUT2D eigenvalue weighted by Gasteiger charge is -2.46. The van der Waals surface area contributed by atoms with E-state index in [0.29, 0.717) is 11.4 Å². The zero-order chi connectivity index (χ0) is 28.6. The molecule has 0 saturated carbocycles. The lowest BCUT2D eigenvalue weighted by Crippen LogP contribution is -2.47. The maximum Gasteiger partial charge on any atom is 0.490 e. The van der Waals surface area contributed by atoms with Crippen LogP contribution in [0.15, 0.2) is 30.9 Å². The number of hydrogen-bond donors (Lipinski definition) is 2. The van der Waals surface area contributed by atoms with Gasteiger partial charge in [0, 0.05) is 38.6 Å². The maximum absolute atomic E-state index is 13.0. The van der Waals surface area contributed by atoms with Gasteiger partial charge in [-0.25, -0.2) is 33.9 Å². The standard InChI is InChI=1S/C17H21FN6.2C2HF3O2/c18-14-12-21-16(22-13-14)24-10-4-17(5-11-24)2-8-23(9-3-17)15-19-6-1-7-20-15;2*3-2(4,5)1(6)7/h1,6-7,12-13H,2-5,8-11H2;2*(H,6,7). The molecule has 0 aromatic carbocycles. The number of aromatic nitrogens is 4. The first-order valence-corrected chi connectivity index (χ1v) is 11.0. The molecule has 0 aliphatic carbocycles. The van der Waals surface area contributed by atoms with Crippen LogP contribution >= 0.6 is 0 Å². The van der Waals surface area contributed by atoms with Crippen molar-refractivity contribution in [3.8, 4) is 0 Å². The summed E-state index contributed by atoms with van der Waals surface area (Å²) in [4.78, 5) is 39.1. The van der Waals surface area contributed by atoms with E-state index in [9.17, 15) is 30.7 Å². The number of carboxylic acid groups (broad SMARTS) is 2. The summed E-state index contributed by atoms with van der Waals surface area (Å²) in [5, 5.41) is 14.2. The fourth-order valence-electron chi connectivity index (χ4n) is 3.79. The zero-order valence-corrected chi connectivity index (χ0v) is 19.6. The number of piperidine rings is 2. The molecule has 210 valence electrons. The highest BCUT2D eigenvalue weighted by atomic mass is 19.4. The molecule has 2 N–H and O–H groups in total. The highest BCUT2D eigenvalue weighted by Gasteiger charge is 2.39. The fraction of sp³-hybridized carbons (Fsp3) is 0.524. The topological polar surface area (TPSA) is 133 Å². The van der Waals surface area contributed by atoms with E-state index >= 15 is 0 Å². The molecule has 2 aliphatic heterocycles. The Morgan fingerprint density at radius 2 is 1.03 bits per heavy atom. The molecule has 10 nitrogen and oxygen atoms in total. The number of rotatable bonds is 2. The number of carboxylic acids is 2. The average molecular weight is 556 g/mol. The third kappa shape index (κ3) is 9.26. The predicted molar refractivity (Wildman–Crippen MR) is 117 cm³/mol. The molecule has 2 aromatic heterocycles. The van der Waals surface area contributed by atoms with Gasteiger partial charge in [0.25, 0.3) is 0 Å². The van der Waals surface area contributed by atoms with Gasteiger partial charge in [0.1, 0.15) is 0 Å². The van der Waals surface area contributed by atoms with Crippen molar-refractivity contribution in [3.63, 3.8) is 0 Å². The molecule has 0 atom stereocenters. The molecule has 2 aromatic rings. The summed E-state index contributed by atoms with van der Waals surface area (Å²) in [5.74, 6) is -4.42. The number of nitrogens with zero attached hydrogens (tertiary/aromatic N) is 6. The second-order valence-electron chi connectivity index (χ2n) is 8.33. The van der Waals surface area contributed by atoms with Crippen molar-refractivity contribution in [2.75, 3.05) is 36.0 Å². The summed E-state index contributed by atoms with van der Waals surface area (Å²) in [6, 6.07) is 1.85. The summed E-state index contributed by atoms with van der Waals surface area (Å²) in [6.45, 7) is 3.90. The van der Waals surface area contributed by atoms with E-state index in [4.69, 9.17) is 19.8 Å². The van der Waals surface area contributed by atoms with Gasteiger partial charge in [-0.1, -0.05) is 0 Å². The van der Waals surface area contributed by atoms with E-state index in [1.54, 1.807) is 12.4 Å². The largest absolute Gasteiger partial charge is 0.490 e. The Morgan fingerprint density at radius 1 is 0.711 bits per heavy atom. The van der Waals surface area contributed by atoms with Crippen LogP contribution in [0.25, 0.3) is 0 Å². The first kappa shape index (κ1) is 30.4. The molecule has 2 fully saturated rings.